The third-order valence-electron chi connectivity index (χ3n) is 5.78. The van der Waals surface area contributed by atoms with Crippen molar-refractivity contribution in [3.8, 4) is 11.4 Å². The molecule has 0 saturated carbocycles. The summed E-state index contributed by atoms with van der Waals surface area (Å²) in [6.07, 6.45) is 9.89. The van der Waals surface area contributed by atoms with Gasteiger partial charge in [0.25, 0.3) is 0 Å². The number of benzene rings is 2. The third-order valence-corrected chi connectivity index (χ3v) is 6.03. The molecule has 0 N–H and O–H groups in total. The van der Waals surface area contributed by atoms with Gasteiger partial charge in [-0.25, -0.2) is 14.6 Å². The van der Waals surface area contributed by atoms with Gasteiger partial charge in [0.2, 0.25) is 0 Å². The Morgan fingerprint density at radius 2 is 1.97 bits per heavy atom. The molecule has 32 heavy (non-hydrogen) atoms. The van der Waals surface area contributed by atoms with Gasteiger partial charge in [0.1, 0.15) is 11.6 Å². The average molecular weight is 446 g/mol. The van der Waals surface area contributed by atoms with E-state index in [-0.39, 0.29) is 5.92 Å². The largest absolute Gasteiger partial charge is 0.495 e. The fraction of sp³-hybridized carbons (Fsp3) is 0.240. The van der Waals surface area contributed by atoms with Gasteiger partial charge in [-0.2, -0.15) is 5.10 Å². The molecule has 0 fully saturated rings. The molecule has 5 rings (SSSR count). The van der Waals surface area contributed by atoms with Crippen molar-refractivity contribution in [2.45, 2.75) is 32.2 Å². The topological polar surface area (TPSA) is 57.8 Å². The van der Waals surface area contributed by atoms with Crippen molar-refractivity contribution in [1.82, 2.24) is 24.3 Å². The standard InChI is InChI=1S/C25H24ClN5O/c1-17-15-30(16-27-17)22-11-5-18(14-23(22)32-2)6-12-24-28-25-21(4-3-13-31(25)29-24)19-7-9-20(26)10-8-19/h5-12,14-16,21H,3-4,13H2,1-2H3. The minimum Gasteiger partial charge on any atom is -0.495 e. The van der Waals surface area contributed by atoms with Gasteiger partial charge in [-0.3, -0.25) is 0 Å². The number of aromatic nitrogens is 5. The first-order valence-corrected chi connectivity index (χ1v) is 11.1. The van der Waals surface area contributed by atoms with Gasteiger partial charge in [0.15, 0.2) is 5.82 Å². The normalized spacial score (nSPS) is 15.8. The fourth-order valence-corrected chi connectivity index (χ4v) is 4.31. The van der Waals surface area contributed by atoms with E-state index in [4.69, 9.17) is 26.4 Å². The quantitative estimate of drug-likeness (QED) is 0.405. The molecule has 2 aromatic carbocycles. The van der Waals surface area contributed by atoms with Crippen molar-refractivity contribution in [2.24, 2.45) is 0 Å². The highest BCUT2D eigenvalue weighted by atomic mass is 35.5. The molecule has 0 saturated heterocycles. The highest BCUT2D eigenvalue weighted by Gasteiger charge is 2.25. The van der Waals surface area contributed by atoms with Crippen molar-refractivity contribution < 1.29 is 4.74 Å². The second kappa shape index (κ2) is 8.63. The summed E-state index contributed by atoms with van der Waals surface area (Å²) in [4.78, 5) is 9.14. The van der Waals surface area contributed by atoms with E-state index in [1.165, 1.54) is 5.56 Å². The predicted molar refractivity (Wildman–Crippen MR) is 126 cm³/mol. The second-order valence-corrected chi connectivity index (χ2v) is 8.42. The van der Waals surface area contributed by atoms with Crippen molar-refractivity contribution >= 4 is 23.8 Å². The van der Waals surface area contributed by atoms with Crippen LogP contribution in [0, 0.1) is 6.92 Å². The van der Waals surface area contributed by atoms with Crippen molar-refractivity contribution in [3.05, 3.63) is 88.5 Å². The van der Waals surface area contributed by atoms with Crippen LogP contribution < -0.4 is 4.74 Å². The molecule has 3 heterocycles. The van der Waals surface area contributed by atoms with Crippen LogP contribution in [0.4, 0.5) is 0 Å². The number of nitrogens with zero attached hydrogens (tertiary/aromatic N) is 5. The number of rotatable bonds is 5. The molecule has 162 valence electrons. The monoisotopic (exact) mass is 445 g/mol. The number of halogens is 1. The molecule has 0 amide bonds. The van der Waals surface area contributed by atoms with E-state index >= 15 is 0 Å². The number of imidazole rings is 1. The average Bonchev–Trinajstić information content (AvgIpc) is 3.43. The molecule has 2 aromatic heterocycles. The van der Waals surface area contributed by atoms with Crippen LogP contribution in [0.2, 0.25) is 5.02 Å². The third kappa shape index (κ3) is 4.06. The molecular formula is C25H24ClN5O. The Hall–Kier alpha value is -3.38. The number of aryl methyl sites for hydroxylation is 2. The minimum absolute atomic E-state index is 0.244. The zero-order valence-corrected chi connectivity index (χ0v) is 18.8. The van der Waals surface area contributed by atoms with Gasteiger partial charge in [0.05, 0.1) is 24.8 Å². The van der Waals surface area contributed by atoms with Crippen molar-refractivity contribution in [2.75, 3.05) is 7.11 Å². The Morgan fingerprint density at radius 3 is 2.72 bits per heavy atom. The molecule has 1 aliphatic rings. The Labute approximate surface area is 192 Å². The van der Waals surface area contributed by atoms with Gasteiger partial charge in [0, 0.05) is 23.7 Å². The molecular weight excluding hydrogens is 422 g/mol. The van der Waals surface area contributed by atoms with Gasteiger partial charge in [-0.1, -0.05) is 35.9 Å². The molecule has 1 unspecified atom stereocenters. The Morgan fingerprint density at radius 1 is 1.12 bits per heavy atom. The van der Waals surface area contributed by atoms with Crippen LogP contribution in [0.15, 0.2) is 55.0 Å². The molecule has 0 spiro atoms. The number of fused-ring (bicyclic) bond motifs is 1. The summed E-state index contributed by atoms with van der Waals surface area (Å²) >= 11 is 6.07. The Bertz CT molecular complexity index is 1270. The maximum atomic E-state index is 6.07. The van der Waals surface area contributed by atoms with Crippen molar-refractivity contribution in [1.29, 1.82) is 0 Å². The summed E-state index contributed by atoms with van der Waals surface area (Å²) in [6, 6.07) is 14.1. The molecule has 0 bridgehead atoms. The minimum atomic E-state index is 0.244. The smallest absolute Gasteiger partial charge is 0.174 e. The van der Waals surface area contributed by atoms with Gasteiger partial charge in [-0.15, -0.1) is 0 Å². The first-order valence-electron chi connectivity index (χ1n) is 10.7. The van der Waals surface area contributed by atoms with Crippen molar-refractivity contribution in [3.63, 3.8) is 0 Å². The van der Waals surface area contributed by atoms with E-state index in [0.717, 1.165) is 52.9 Å². The fourth-order valence-electron chi connectivity index (χ4n) is 4.19. The maximum absolute atomic E-state index is 6.07. The van der Waals surface area contributed by atoms with E-state index in [1.54, 1.807) is 13.4 Å². The number of methoxy groups -OCH3 is 1. The first kappa shape index (κ1) is 20.5. The summed E-state index contributed by atoms with van der Waals surface area (Å²) in [5, 5.41) is 5.47. The maximum Gasteiger partial charge on any atom is 0.174 e. The Balaban J connectivity index is 1.40. The van der Waals surface area contributed by atoms with Gasteiger partial charge in [-0.05, 0) is 61.2 Å². The van der Waals surface area contributed by atoms with E-state index < -0.39 is 0 Å². The van der Waals surface area contributed by atoms with Crippen LogP contribution in [0.3, 0.4) is 0 Å². The van der Waals surface area contributed by atoms with E-state index in [9.17, 15) is 0 Å². The zero-order chi connectivity index (χ0) is 22.1. The lowest BCUT2D eigenvalue weighted by molar-refractivity contribution is 0.413. The van der Waals surface area contributed by atoms with Crippen LogP contribution in [0.5, 0.6) is 5.75 Å². The lowest BCUT2D eigenvalue weighted by Gasteiger charge is -2.22. The van der Waals surface area contributed by atoms with E-state index in [2.05, 4.69) is 23.2 Å². The lowest BCUT2D eigenvalue weighted by Crippen LogP contribution is -2.17. The molecule has 1 aliphatic heterocycles. The van der Waals surface area contributed by atoms with Crippen LogP contribution in [-0.2, 0) is 6.54 Å². The number of ether oxygens (including phenoxy) is 1. The number of hydrogen-bond donors (Lipinski definition) is 0. The number of hydrogen-bond acceptors (Lipinski definition) is 4. The molecule has 0 radical (unpaired) electrons. The molecule has 6 nitrogen and oxygen atoms in total. The lowest BCUT2D eigenvalue weighted by atomic mass is 9.91. The van der Waals surface area contributed by atoms with Gasteiger partial charge >= 0.3 is 0 Å². The highest BCUT2D eigenvalue weighted by Crippen LogP contribution is 2.33. The first-order chi connectivity index (χ1) is 15.6. The van der Waals surface area contributed by atoms with Crippen LogP contribution in [0.1, 0.15) is 47.2 Å². The van der Waals surface area contributed by atoms with Crippen LogP contribution in [-0.4, -0.2) is 31.4 Å². The molecule has 0 aliphatic carbocycles. The molecule has 1 atom stereocenters. The summed E-state index contributed by atoms with van der Waals surface area (Å²) in [5.74, 6) is 2.76. The zero-order valence-electron chi connectivity index (χ0n) is 18.1. The SMILES string of the molecule is COc1cc(C=Cc2nc3n(n2)CCCC3c2ccc(Cl)cc2)ccc1-n1cnc(C)c1. The second-order valence-electron chi connectivity index (χ2n) is 7.98. The Kier molecular flexibility index (Phi) is 5.53. The van der Waals surface area contributed by atoms with Gasteiger partial charge < -0.3 is 9.30 Å². The highest BCUT2D eigenvalue weighted by molar-refractivity contribution is 6.30. The summed E-state index contributed by atoms with van der Waals surface area (Å²) < 4.78 is 9.61. The van der Waals surface area contributed by atoms with Crippen LogP contribution >= 0.6 is 11.6 Å². The molecule has 7 heteroatoms. The summed E-state index contributed by atoms with van der Waals surface area (Å²) in [7, 11) is 1.68. The summed E-state index contributed by atoms with van der Waals surface area (Å²) in [5.41, 5.74) is 4.16. The molecule has 4 aromatic rings. The predicted octanol–water partition coefficient (Wildman–Crippen LogP) is 5.53. The summed E-state index contributed by atoms with van der Waals surface area (Å²) in [6.45, 7) is 2.86. The van der Waals surface area contributed by atoms with E-state index in [1.807, 2.05) is 58.8 Å². The van der Waals surface area contributed by atoms with E-state index in [0.29, 0.717) is 5.82 Å². The van der Waals surface area contributed by atoms with Crippen LogP contribution in [0.25, 0.3) is 17.8 Å².